The first kappa shape index (κ1) is 15.1. The Morgan fingerprint density at radius 3 is 2.04 bits per heavy atom. The molecule has 1 aromatic heterocycles. The summed E-state index contributed by atoms with van der Waals surface area (Å²) < 4.78 is 0. The van der Waals surface area contributed by atoms with E-state index in [0.29, 0.717) is 5.92 Å². The van der Waals surface area contributed by atoms with Crippen LogP contribution in [0.25, 0.3) is 22.6 Å². The molecule has 0 radical (unpaired) electrons. The SMILES string of the molecule is CCCc1c(-c2ccccc2)nc(-c2ccccc2)nc1C1CC1. The molecule has 0 bridgehead atoms. The predicted molar refractivity (Wildman–Crippen MR) is 98.9 cm³/mol. The fourth-order valence-electron chi connectivity index (χ4n) is 3.24. The Hall–Kier alpha value is -2.48. The normalized spacial score (nSPS) is 13.9. The third kappa shape index (κ3) is 2.96. The number of benzene rings is 2. The minimum absolute atomic E-state index is 0.625. The summed E-state index contributed by atoms with van der Waals surface area (Å²) in [4.78, 5) is 9.99. The van der Waals surface area contributed by atoms with Gasteiger partial charge in [-0.15, -0.1) is 0 Å². The molecule has 1 aliphatic carbocycles. The van der Waals surface area contributed by atoms with Gasteiger partial charge in [-0.25, -0.2) is 9.97 Å². The van der Waals surface area contributed by atoms with E-state index in [1.807, 2.05) is 6.07 Å². The summed E-state index contributed by atoms with van der Waals surface area (Å²) in [5.74, 6) is 1.48. The van der Waals surface area contributed by atoms with Gasteiger partial charge >= 0.3 is 0 Å². The smallest absolute Gasteiger partial charge is 0.160 e. The van der Waals surface area contributed by atoms with Crippen molar-refractivity contribution in [3.05, 3.63) is 71.9 Å². The van der Waals surface area contributed by atoms with Gasteiger partial charge in [-0.3, -0.25) is 0 Å². The highest BCUT2D eigenvalue weighted by Crippen LogP contribution is 2.43. The fraction of sp³-hybridized carbons (Fsp3) is 0.273. The van der Waals surface area contributed by atoms with Gasteiger partial charge in [0.05, 0.1) is 11.4 Å². The summed E-state index contributed by atoms with van der Waals surface area (Å²) in [7, 11) is 0. The molecule has 4 rings (SSSR count). The van der Waals surface area contributed by atoms with Gasteiger partial charge in [-0.1, -0.05) is 74.0 Å². The van der Waals surface area contributed by atoms with Crippen molar-refractivity contribution in [3.63, 3.8) is 0 Å². The Kier molecular flexibility index (Phi) is 4.12. The second kappa shape index (κ2) is 6.56. The van der Waals surface area contributed by atoms with Crippen molar-refractivity contribution in [2.45, 2.75) is 38.5 Å². The van der Waals surface area contributed by atoms with Crippen LogP contribution in [-0.2, 0) is 6.42 Å². The van der Waals surface area contributed by atoms with Crippen LogP contribution < -0.4 is 0 Å². The third-order valence-electron chi connectivity index (χ3n) is 4.58. The van der Waals surface area contributed by atoms with Gasteiger partial charge in [0, 0.05) is 22.6 Å². The summed E-state index contributed by atoms with van der Waals surface area (Å²) >= 11 is 0. The van der Waals surface area contributed by atoms with Crippen LogP contribution in [0.1, 0.15) is 43.4 Å². The lowest BCUT2D eigenvalue weighted by molar-refractivity contribution is 0.860. The van der Waals surface area contributed by atoms with E-state index < -0.39 is 0 Å². The molecule has 1 saturated carbocycles. The van der Waals surface area contributed by atoms with Crippen molar-refractivity contribution in [2.24, 2.45) is 0 Å². The molecule has 0 saturated heterocycles. The van der Waals surface area contributed by atoms with Gasteiger partial charge in [-0.05, 0) is 19.3 Å². The Morgan fingerprint density at radius 2 is 1.46 bits per heavy atom. The van der Waals surface area contributed by atoms with E-state index >= 15 is 0 Å². The quantitative estimate of drug-likeness (QED) is 0.609. The van der Waals surface area contributed by atoms with Crippen LogP contribution in [-0.4, -0.2) is 9.97 Å². The van der Waals surface area contributed by atoms with E-state index in [0.717, 1.165) is 29.9 Å². The number of nitrogens with zero attached hydrogens (tertiary/aromatic N) is 2. The molecule has 0 spiro atoms. The molecule has 0 aliphatic heterocycles. The van der Waals surface area contributed by atoms with Crippen LogP contribution in [0.3, 0.4) is 0 Å². The monoisotopic (exact) mass is 314 g/mol. The number of aromatic nitrogens is 2. The van der Waals surface area contributed by atoms with Crippen LogP contribution in [0.5, 0.6) is 0 Å². The fourth-order valence-corrected chi connectivity index (χ4v) is 3.24. The summed E-state index contributed by atoms with van der Waals surface area (Å²) in [6, 6.07) is 20.9. The van der Waals surface area contributed by atoms with Gasteiger partial charge in [-0.2, -0.15) is 0 Å². The van der Waals surface area contributed by atoms with Gasteiger partial charge < -0.3 is 0 Å². The zero-order valence-electron chi connectivity index (χ0n) is 14.1. The summed E-state index contributed by atoms with van der Waals surface area (Å²) in [5, 5.41) is 0. The Labute approximate surface area is 143 Å². The highest BCUT2D eigenvalue weighted by molar-refractivity contribution is 5.68. The molecular formula is C22H22N2. The predicted octanol–water partition coefficient (Wildman–Crippen LogP) is 5.64. The van der Waals surface area contributed by atoms with Gasteiger partial charge in [0.2, 0.25) is 0 Å². The first-order valence-electron chi connectivity index (χ1n) is 8.88. The number of hydrogen-bond acceptors (Lipinski definition) is 2. The van der Waals surface area contributed by atoms with Crippen LogP contribution in [0, 0.1) is 0 Å². The maximum absolute atomic E-state index is 5.00. The lowest BCUT2D eigenvalue weighted by Gasteiger charge is -2.15. The van der Waals surface area contributed by atoms with Crippen LogP contribution >= 0.6 is 0 Å². The Balaban J connectivity index is 1.93. The molecule has 24 heavy (non-hydrogen) atoms. The van der Waals surface area contributed by atoms with Crippen LogP contribution in [0.15, 0.2) is 60.7 Å². The van der Waals surface area contributed by atoms with Crippen molar-refractivity contribution in [1.82, 2.24) is 9.97 Å². The lowest BCUT2D eigenvalue weighted by atomic mass is 9.98. The zero-order chi connectivity index (χ0) is 16.4. The van der Waals surface area contributed by atoms with Crippen molar-refractivity contribution in [2.75, 3.05) is 0 Å². The molecule has 120 valence electrons. The van der Waals surface area contributed by atoms with Crippen molar-refractivity contribution < 1.29 is 0 Å². The molecule has 1 fully saturated rings. The minimum Gasteiger partial charge on any atom is -0.232 e. The average molecular weight is 314 g/mol. The Morgan fingerprint density at radius 1 is 0.833 bits per heavy atom. The largest absolute Gasteiger partial charge is 0.232 e. The van der Waals surface area contributed by atoms with Crippen molar-refractivity contribution >= 4 is 0 Å². The highest BCUT2D eigenvalue weighted by atomic mass is 14.9. The molecule has 0 amide bonds. The summed E-state index contributed by atoms with van der Waals surface area (Å²) in [6.45, 7) is 2.23. The molecule has 1 aliphatic rings. The van der Waals surface area contributed by atoms with Crippen LogP contribution in [0.4, 0.5) is 0 Å². The van der Waals surface area contributed by atoms with Crippen molar-refractivity contribution in [1.29, 1.82) is 0 Å². The van der Waals surface area contributed by atoms with E-state index in [-0.39, 0.29) is 0 Å². The molecule has 0 atom stereocenters. The van der Waals surface area contributed by atoms with E-state index in [9.17, 15) is 0 Å². The Bertz CT molecular complexity index is 821. The maximum atomic E-state index is 5.00. The number of hydrogen-bond donors (Lipinski definition) is 0. The second-order valence-corrected chi connectivity index (χ2v) is 6.52. The minimum atomic E-state index is 0.625. The van der Waals surface area contributed by atoms with Gasteiger partial charge in [0.15, 0.2) is 5.82 Å². The van der Waals surface area contributed by atoms with E-state index in [4.69, 9.17) is 9.97 Å². The third-order valence-corrected chi connectivity index (χ3v) is 4.58. The molecule has 2 nitrogen and oxygen atoms in total. The lowest BCUT2D eigenvalue weighted by Crippen LogP contribution is -2.05. The first-order valence-corrected chi connectivity index (χ1v) is 8.88. The molecule has 0 unspecified atom stereocenters. The molecule has 0 N–H and O–H groups in total. The zero-order valence-corrected chi connectivity index (χ0v) is 14.1. The average Bonchev–Trinajstić information content (AvgIpc) is 3.48. The summed E-state index contributed by atoms with van der Waals surface area (Å²) in [5.41, 5.74) is 6.05. The molecule has 3 aromatic rings. The standard InChI is InChI=1S/C22H22N2/c1-2-9-19-20(16-10-5-3-6-11-16)23-22(18-12-7-4-8-13-18)24-21(19)17-14-15-17/h3-8,10-13,17H,2,9,14-15H2,1H3. The first-order chi connectivity index (χ1) is 11.9. The van der Waals surface area contributed by atoms with E-state index in [2.05, 4.69) is 61.5 Å². The molecule has 2 aromatic carbocycles. The van der Waals surface area contributed by atoms with E-state index in [1.54, 1.807) is 0 Å². The van der Waals surface area contributed by atoms with Crippen LogP contribution in [0.2, 0.25) is 0 Å². The topological polar surface area (TPSA) is 25.8 Å². The molecular weight excluding hydrogens is 292 g/mol. The second-order valence-electron chi connectivity index (χ2n) is 6.52. The summed E-state index contributed by atoms with van der Waals surface area (Å²) in [6.07, 6.45) is 4.69. The van der Waals surface area contributed by atoms with E-state index in [1.165, 1.54) is 29.7 Å². The van der Waals surface area contributed by atoms with Crippen molar-refractivity contribution in [3.8, 4) is 22.6 Å². The number of rotatable bonds is 5. The van der Waals surface area contributed by atoms with Gasteiger partial charge in [0.1, 0.15) is 0 Å². The molecule has 1 heterocycles. The molecule has 2 heteroatoms. The van der Waals surface area contributed by atoms with Gasteiger partial charge in [0.25, 0.3) is 0 Å². The maximum Gasteiger partial charge on any atom is 0.160 e. The highest BCUT2D eigenvalue weighted by Gasteiger charge is 2.30.